The lowest BCUT2D eigenvalue weighted by atomic mass is 9.79. The fourth-order valence-corrected chi connectivity index (χ4v) is 3.03. The van der Waals surface area contributed by atoms with E-state index in [4.69, 9.17) is 5.73 Å². The standard InChI is InChI=1S/C16H25N/c1-11-7-12(2)16(13(3)8-11)10-15(17)9-14-5-4-6-14/h7-8,14-15H,4-6,9-10,17H2,1-3H3. The summed E-state index contributed by atoms with van der Waals surface area (Å²) in [7, 11) is 0. The molecule has 17 heavy (non-hydrogen) atoms. The number of hydrogen-bond donors (Lipinski definition) is 1. The van der Waals surface area contributed by atoms with Crippen LogP contribution in [0.3, 0.4) is 0 Å². The van der Waals surface area contributed by atoms with Crippen molar-refractivity contribution in [3.63, 3.8) is 0 Å². The zero-order chi connectivity index (χ0) is 12.4. The molecule has 1 aromatic rings. The van der Waals surface area contributed by atoms with Gasteiger partial charge in [0.15, 0.2) is 0 Å². The number of rotatable bonds is 4. The van der Waals surface area contributed by atoms with Gasteiger partial charge in [-0.2, -0.15) is 0 Å². The Bertz CT molecular complexity index is 368. The summed E-state index contributed by atoms with van der Waals surface area (Å²) in [4.78, 5) is 0. The van der Waals surface area contributed by atoms with Crippen LogP contribution in [-0.2, 0) is 6.42 Å². The molecule has 1 aromatic carbocycles. The zero-order valence-electron chi connectivity index (χ0n) is 11.4. The molecule has 0 spiro atoms. The lowest BCUT2D eigenvalue weighted by Crippen LogP contribution is -2.29. The van der Waals surface area contributed by atoms with E-state index in [9.17, 15) is 0 Å². The van der Waals surface area contributed by atoms with Crippen LogP contribution in [0, 0.1) is 26.7 Å². The first-order valence-electron chi connectivity index (χ1n) is 6.88. The van der Waals surface area contributed by atoms with E-state index in [1.807, 2.05) is 0 Å². The van der Waals surface area contributed by atoms with E-state index in [1.165, 1.54) is 47.9 Å². The molecule has 1 fully saturated rings. The van der Waals surface area contributed by atoms with Crippen LogP contribution in [0.5, 0.6) is 0 Å². The third-order valence-corrected chi connectivity index (χ3v) is 4.17. The molecule has 1 aliphatic rings. The second kappa shape index (κ2) is 5.22. The van der Waals surface area contributed by atoms with Crippen LogP contribution < -0.4 is 5.73 Å². The molecule has 0 radical (unpaired) electrons. The molecule has 1 aliphatic carbocycles. The van der Waals surface area contributed by atoms with E-state index < -0.39 is 0 Å². The number of hydrogen-bond acceptors (Lipinski definition) is 1. The zero-order valence-corrected chi connectivity index (χ0v) is 11.4. The number of benzene rings is 1. The van der Waals surface area contributed by atoms with Gasteiger partial charge in [0, 0.05) is 6.04 Å². The van der Waals surface area contributed by atoms with E-state index in [-0.39, 0.29) is 0 Å². The summed E-state index contributed by atoms with van der Waals surface area (Å²) in [6, 6.07) is 4.90. The SMILES string of the molecule is Cc1cc(C)c(CC(N)CC2CCC2)c(C)c1. The molecule has 1 unspecified atom stereocenters. The summed E-state index contributed by atoms with van der Waals surface area (Å²) in [6.07, 6.45) is 6.49. The van der Waals surface area contributed by atoms with Crippen LogP contribution >= 0.6 is 0 Å². The highest BCUT2D eigenvalue weighted by Gasteiger charge is 2.20. The van der Waals surface area contributed by atoms with Crippen molar-refractivity contribution in [3.05, 3.63) is 34.4 Å². The van der Waals surface area contributed by atoms with E-state index in [0.29, 0.717) is 6.04 Å². The minimum atomic E-state index is 0.348. The molecule has 94 valence electrons. The summed E-state index contributed by atoms with van der Waals surface area (Å²) >= 11 is 0. The smallest absolute Gasteiger partial charge is 0.00821 e. The molecular weight excluding hydrogens is 206 g/mol. The van der Waals surface area contributed by atoms with Crippen LogP contribution in [0.15, 0.2) is 12.1 Å². The van der Waals surface area contributed by atoms with Gasteiger partial charge in [0.25, 0.3) is 0 Å². The third kappa shape index (κ3) is 3.10. The Morgan fingerprint density at radius 3 is 2.24 bits per heavy atom. The Kier molecular flexibility index (Phi) is 3.88. The number of aryl methyl sites for hydroxylation is 3. The fraction of sp³-hybridized carbons (Fsp3) is 0.625. The molecule has 1 heteroatoms. The highest BCUT2D eigenvalue weighted by molar-refractivity contribution is 5.37. The van der Waals surface area contributed by atoms with Crippen LogP contribution in [0.25, 0.3) is 0 Å². The predicted octanol–water partition coefficient (Wildman–Crippen LogP) is 3.67. The molecule has 0 saturated heterocycles. The number of nitrogens with two attached hydrogens (primary N) is 1. The molecule has 0 aliphatic heterocycles. The predicted molar refractivity (Wildman–Crippen MR) is 74.3 cm³/mol. The molecule has 1 atom stereocenters. The van der Waals surface area contributed by atoms with E-state index >= 15 is 0 Å². The Morgan fingerprint density at radius 1 is 1.18 bits per heavy atom. The normalized spacial score (nSPS) is 17.9. The molecule has 0 bridgehead atoms. The van der Waals surface area contributed by atoms with Crippen LogP contribution in [0.2, 0.25) is 0 Å². The monoisotopic (exact) mass is 231 g/mol. The average Bonchev–Trinajstić information content (AvgIpc) is 2.17. The molecule has 1 saturated carbocycles. The minimum absolute atomic E-state index is 0.348. The Hall–Kier alpha value is -0.820. The lowest BCUT2D eigenvalue weighted by molar-refractivity contribution is 0.275. The summed E-state index contributed by atoms with van der Waals surface area (Å²) in [6.45, 7) is 6.59. The van der Waals surface area contributed by atoms with Crippen molar-refractivity contribution in [1.82, 2.24) is 0 Å². The quantitative estimate of drug-likeness (QED) is 0.840. The van der Waals surface area contributed by atoms with Crippen LogP contribution in [0.4, 0.5) is 0 Å². The first kappa shape index (κ1) is 12.6. The molecule has 2 N–H and O–H groups in total. The Balaban J connectivity index is 2.01. The van der Waals surface area contributed by atoms with Crippen LogP contribution in [-0.4, -0.2) is 6.04 Å². The van der Waals surface area contributed by atoms with Crippen molar-refractivity contribution in [2.75, 3.05) is 0 Å². The Labute approximate surface area is 105 Å². The van der Waals surface area contributed by atoms with Gasteiger partial charge in [-0.05, 0) is 56.2 Å². The minimum Gasteiger partial charge on any atom is -0.327 e. The van der Waals surface area contributed by atoms with Gasteiger partial charge in [-0.3, -0.25) is 0 Å². The molecule has 0 heterocycles. The topological polar surface area (TPSA) is 26.0 Å². The van der Waals surface area contributed by atoms with Gasteiger partial charge in [0.2, 0.25) is 0 Å². The highest BCUT2D eigenvalue weighted by atomic mass is 14.6. The first-order valence-corrected chi connectivity index (χ1v) is 6.88. The van der Waals surface area contributed by atoms with Crippen molar-refractivity contribution < 1.29 is 0 Å². The van der Waals surface area contributed by atoms with Crippen molar-refractivity contribution in [1.29, 1.82) is 0 Å². The molecule has 0 amide bonds. The molecule has 1 nitrogen and oxygen atoms in total. The maximum Gasteiger partial charge on any atom is 0.00821 e. The summed E-state index contributed by atoms with van der Waals surface area (Å²) in [5.74, 6) is 0.913. The van der Waals surface area contributed by atoms with Gasteiger partial charge in [0.1, 0.15) is 0 Å². The summed E-state index contributed by atoms with van der Waals surface area (Å²) in [5.41, 5.74) is 11.9. The maximum atomic E-state index is 6.29. The second-order valence-electron chi connectivity index (χ2n) is 5.87. The van der Waals surface area contributed by atoms with Crippen molar-refractivity contribution >= 4 is 0 Å². The molecular formula is C16H25N. The highest BCUT2D eigenvalue weighted by Crippen LogP contribution is 2.31. The largest absolute Gasteiger partial charge is 0.327 e. The van der Waals surface area contributed by atoms with E-state index in [1.54, 1.807) is 0 Å². The fourth-order valence-electron chi connectivity index (χ4n) is 3.03. The van der Waals surface area contributed by atoms with Gasteiger partial charge < -0.3 is 5.73 Å². The Morgan fingerprint density at radius 2 is 1.76 bits per heavy atom. The second-order valence-corrected chi connectivity index (χ2v) is 5.87. The van der Waals surface area contributed by atoms with Crippen molar-refractivity contribution in [2.45, 2.75) is 58.9 Å². The van der Waals surface area contributed by atoms with Gasteiger partial charge in [-0.1, -0.05) is 37.0 Å². The molecule has 0 aromatic heterocycles. The maximum absolute atomic E-state index is 6.29. The van der Waals surface area contributed by atoms with Gasteiger partial charge >= 0.3 is 0 Å². The van der Waals surface area contributed by atoms with E-state index in [0.717, 1.165) is 12.3 Å². The molecule has 2 rings (SSSR count). The lowest BCUT2D eigenvalue weighted by Gasteiger charge is -2.28. The van der Waals surface area contributed by atoms with Gasteiger partial charge in [-0.25, -0.2) is 0 Å². The summed E-state index contributed by atoms with van der Waals surface area (Å²) < 4.78 is 0. The van der Waals surface area contributed by atoms with Gasteiger partial charge in [0.05, 0.1) is 0 Å². The first-order chi connectivity index (χ1) is 8.06. The van der Waals surface area contributed by atoms with E-state index in [2.05, 4.69) is 32.9 Å². The third-order valence-electron chi connectivity index (χ3n) is 4.17. The van der Waals surface area contributed by atoms with Crippen molar-refractivity contribution in [3.8, 4) is 0 Å². The van der Waals surface area contributed by atoms with Crippen molar-refractivity contribution in [2.24, 2.45) is 11.7 Å². The van der Waals surface area contributed by atoms with Crippen LogP contribution in [0.1, 0.15) is 47.9 Å². The van der Waals surface area contributed by atoms with Gasteiger partial charge in [-0.15, -0.1) is 0 Å². The summed E-state index contributed by atoms with van der Waals surface area (Å²) in [5, 5.41) is 0. The average molecular weight is 231 g/mol.